The second kappa shape index (κ2) is 8.78. The van der Waals surface area contributed by atoms with Gasteiger partial charge in [-0.25, -0.2) is 8.42 Å². The van der Waals surface area contributed by atoms with Crippen LogP contribution in [0.25, 0.3) is 11.0 Å². The lowest BCUT2D eigenvalue weighted by atomic mass is 10.1. The molecule has 1 aliphatic heterocycles. The molecule has 2 aromatic heterocycles. The molecule has 12 heteroatoms. The summed E-state index contributed by atoms with van der Waals surface area (Å²) in [5.41, 5.74) is 0.710. The van der Waals surface area contributed by atoms with Crippen LogP contribution in [0.1, 0.15) is 16.1 Å². The number of methoxy groups -OCH3 is 2. The van der Waals surface area contributed by atoms with Crippen molar-refractivity contribution in [2.75, 3.05) is 32.1 Å². The Hall–Kier alpha value is -3.93. The number of hydrogen-bond donors (Lipinski definition) is 1. The molecule has 0 saturated carbocycles. The van der Waals surface area contributed by atoms with E-state index in [0.29, 0.717) is 18.6 Å². The van der Waals surface area contributed by atoms with Gasteiger partial charge in [0.25, 0.3) is 10.0 Å². The Morgan fingerprint density at radius 3 is 2.88 bits per heavy atom. The van der Waals surface area contributed by atoms with Gasteiger partial charge in [-0.2, -0.15) is 5.10 Å². The molecule has 0 bridgehead atoms. The first-order valence-electron chi connectivity index (χ1n) is 11.7. The van der Waals surface area contributed by atoms with Crippen molar-refractivity contribution in [3.05, 3.63) is 48.3 Å². The fraction of sp³-hybridized carbons (Fsp3) is 0.273. The number of nitrogens with zero attached hydrogens (tertiary/aromatic N) is 3. The molecule has 5 rings (SSSR count). The van der Waals surface area contributed by atoms with Crippen LogP contribution in [0.2, 0.25) is 0 Å². The minimum atomic E-state index is -4.40. The molecule has 34 heavy (non-hydrogen) atoms. The molecule has 0 aliphatic carbocycles. The van der Waals surface area contributed by atoms with Crippen LogP contribution >= 0.6 is 0 Å². The number of fused-ring (bicyclic) bond motifs is 2. The molecule has 2 aromatic carbocycles. The zero-order valence-corrected chi connectivity index (χ0v) is 18.8. The minimum absolute atomic E-state index is 0.00220. The molecule has 0 atom stereocenters. The Morgan fingerprint density at radius 2 is 2.09 bits per heavy atom. The topological polar surface area (TPSA) is 127 Å². The molecule has 1 N–H and O–H groups in total. The van der Waals surface area contributed by atoms with E-state index in [-0.39, 0.29) is 57.8 Å². The lowest BCUT2D eigenvalue weighted by molar-refractivity contribution is 0.293. The zero-order chi connectivity index (χ0) is 26.2. The van der Waals surface area contributed by atoms with E-state index >= 15 is 0 Å². The van der Waals surface area contributed by atoms with Gasteiger partial charge >= 0.3 is 0 Å². The predicted molar refractivity (Wildman–Crippen MR) is 121 cm³/mol. The van der Waals surface area contributed by atoms with Gasteiger partial charge in [0.05, 0.1) is 38.0 Å². The first kappa shape index (κ1) is 18.5. The van der Waals surface area contributed by atoms with E-state index in [1.165, 1.54) is 19.2 Å². The number of sulfonamides is 1. The summed E-state index contributed by atoms with van der Waals surface area (Å²) in [5, 5.41) is 8.02. The molecule has 1 aliphatic rings. The quantitative estimate of drug-likeness (QED) is 0.417. The summed E-state index contributed by atoms with van der Waals surface area (Å²) in [6.45, 7) is 0.884. The molecular weight excluding hydrogens is 464 g/mol. The van der Waals surface area contributed by atoms with Crippen molar-refractivity contribution < 1.29 is 36.0 Å². The Balaban J connectivity index is 1.59. The molecule has 3 heterocycles. The summed E-state index contributed by atoms with van der Waals surface area (Å²) in [6.07, 6.45) is 3.90. The average molecular weight is 490 g/mol. The van der Waals surface area contributed by atoms with Gasteiger partial charge in [0, 0.05) is 18.8 Å². The highest BCUT2D eigenvalue weighted by molar-refractivity contribution is 7.93. The molecule has 0 fully saturated rings. The highest BCUT2D eigenvalue weighted by Crippen LogP contribution is 2.43. The molecule has 0 spiro atoms. The highest BCUT2D eigenvalue weighted by atomic mass is 32.2. The second-order valence-electron chi connectivity index (χ2n) is 7.38. The molecule has 0 saturated heterocycles. The Bertz CT molecular complexity index is 1540. The SMILES string of the molecule is [2H]C([2H])([2H])Oc1cc(Cn2cccn2)cc2onc(NS(=O)(=O)c3c(OC)ccc4c3OCCCO4)c12. The monoisotopic (exact) mass is 489 g/mol. The Kier molecular flexibility index (Phi) is 4.78. The van der Waals surface area contributed by atoms with Crippen molar-refractivity contribution in [2.24, 2.45) is 0 Å². The van der Waals surface area contributed by atoms with Gasteiger partial charge in [-0.05, 0) is 35.9 Å². The zero-order valence-electron chi connectivity index (χ0n) is 21.0. The molecule has 11 nitrogen and oxygen atoms in total. The maximum absolute atomic E-state index is 13.6. The van der Waals surface area contributed by atoms with Gasteiger partial charge in [0.1, 0.15) is 16.9 Å². The number of benzene rings is 2. The van der Waals surface area contributed by atoms with Crippen LogP contribution in [0.3, 0.4) is 0 Å². The Morgan fingerprint density at radius 1 is 1.21 bits per heavy atom. The van der Waals surface area contributed by atoms with Crippen LogP contribution in [0.5, 0.6) is 23.0 Å². The first-order valence-corrected chi connectivity index (χ1v) is 11.7. The minimum Gasteiger partial charge on any atom is -0.496 e. The van der Waals surface area contributed by atoms with Crippen LogP contribution in [-0.2, 0) is 16.6 Å². The maximum Gasteiger partial charge on any atom is 0.270 e. The van der Waals surface area contributed by atoms with E-state index in [4.69, 9.17) is 27.6 Å². The molecule has 0 unspecified atom stereocenters. The van der Waals surface area contributed by atoms with E-state index in [0.717, 1.165) is 0 Å². The normalized spacial score (nSPS) is 15.1. The summed E-state index contributed by atoms with van der Waals surface area (Å²) < 4.78 is 81.2. The van der Waals surface area contributed by atoms with E-state index in [1.54, 1.807) is 35.3 Å². The first-order chi connectivity index (χ1) is 17.6. The number of ether oxygens (including phenoxy) is 4. The number of anilines is 1. The fourth-order valence-corrected chi connectivity index (χ4v) is 5.01. The van der Waals surface area contributed by atoms with Gasteiger partial charge < -0.3 is 23.5 Å². The lowest BCUT2D eigenvalue weighted by Gasteiger charge is -2.16. The van der Waals surface area contributed by atoms with Crippen molar-refractivity contribution in [1.29, 1.82) is 0 Å². The Labute approximate surface area is 199 Å². The van der Waals surface area contributed by atoms with E-state index < -0.39 is 17.1 Å². The number of aromatic nitrogens is 3. The molecular formula is C22H22N4O7S. The second-order valence-corrected chi connectivity index (χ2v) is 9.00. The van der Waals surface area contributed by atoms with Crippen molar-refractivity contribution >= 4 is 26.8 Å². The van der Waals surface area contributed by atoms with Gasteiger partial charge in [-0.1, -0.05) is 5.16 Å². The van der Waals surface area contributed by atoms with Crippen molar-refractivity contribution in [3.8, 4) is 23.0 Å². The highest BCUT2D eigenvalue weighted by Gasteiger charge is 2.31. The van der Waals surface area contributed by atoms with Crippen LogP contribution in [0.4, 0.5) is 5.82 Å². The van der Waals surface area contributed by atoms with E-state index in [9.17, 15) is 8.42 Å². The van der Waals surface area contributed by atoms with Crippen LogP contribution in [0.15, 0.2) is 52.1 Å². The van der Waals surface area contributed by atoms with Crippen LogP contribution in [0, 0.1) is 0 Å². The lowest BCUT2D eigenvalue weighted by Crippen LogP contribution is -2.16. The van der Waals surface area contributed by atoms with Crippen molar-refractivity contribution in [1.82, 2.24) is 14.9 Å². The van der Waals surface area contributed by atoms with Crippen LogP contribution < -0.4 is 23.7 Å². The van der Waals surface area contributed by atoms with E-state index in [2.05, 4.69) is 15.0 Å². The molecule has 4 aromatic rings. The molecule has 0 radical (unpaired) electrons. The third kappa shape index (κ3) is 3.96. The standard InChI is InChI=1S/C22H22N4O7S/c1-29-16-6-5-15-20(32-10-4-9-31-15)21(16)34(27,28)25-22-19-17(30-2)11-14(12-18(19)33-24-22)13-26-8-3-7-23-26/h3,5-8,11-12H,4,9-10,13H2,1-2H3,(H,24,25)/i2D3. The van der Waals surface area contributed by atoms with Crippen molar-refractivity contribution in [2.45, 2.75) is 17.9 Å². The van der Waals surface area contributed by atoms with Gasteiger partial charge in [-0.3, -0.25) is 9.40 Å². The summed E-state index contributed by atoms with van der Waals surface area (Å²) in [4.78, 5) is -0.292. The summed E-state index contributed by atoms with van der Waals surface area (Å²) in [7, 11) is -5.90. The summed E-state index contributed by atoms with van der Waals surface area (Å²) >= 11 is 0. The largest absolute Gasteiger partial charge is 0.496 e. The smallest absolute Gasteiger partial charge is 0.270 e. The van der Waals surface area contributed by atoms with Gasteiger partial charge in [0.2, 0.25) is 0 Å². The van der Waals surface area contributed by atoms with E-state index in [1.807, 2.05) is 0 Å². The molecule has 0 amide bonds. The number of nitrogens with one attached hydrogen (secondary N) is 1. The molecule has 178 valence electrons. The van der Waals surface area contributed by atoms with Crippen molar-refractivity contribution in [3.63, 3.8) is 0 Å². The van der Waals surface area contributed by atoms with Gasteiger partial charge in [0.15, 0.2) is 27.8 Å². The summed E-state index contributed by atoms with van der Waals surface area (Å²) in [5.74, 6) is -0.146. The third-order valence-electron chi connectivity index (χ3n) is 5.16. The third-order valence-corrected chi connectivity index (χ3v) is 6.55. The van der Waals surface area contributed by atoms with Gasteiger partial charge in [-0.15, -0.1) is 0 Å². The van der Waals surface area contributed by atoms with Crippen LogP contribution in [-0.4, -0.2) is 50.7 Å². The average Bonchev–Trinajstić information content (AvgIpc) is 3.41. The summed E-state index contributed by atoms with van der Waals surface area (Å²) in [6, 6.07) is 7.83. The maximum atomic E-state index is 13.6. The fourth-order valence-electron chi connectivity index (χ4n) is 3.70. The number of rotatable bonds is 7. The predicted octanol–water partition coefficient (Wildman–Crippen LogP) is 3.05. The number of hydrogen-bond acceptors (Lipinski definition) is 9.